The highest BCUT2D eigenvalue weighted by molar-refractivity contribution is 7.99. The van der Waals surface area contributed by atoms with E-state index in [-0.39, 0.29) is 0 Å². The maximum absolute atomic E-state index is 5.56. The van der Waals surface area contributed by atoms with E-state index in [2.05, 4.69) is 32.5 Å². The highest BCUT2D eigenvalue weighted by Crippen LogP contribution is 2.14. The second-order valence-corrected chi connectivity index (χ2v) is 9.06. The molecule has 0 saturated carbocycles. The maximum atomic E-state index is 5.56. The molecule has 0 N–H and O–H groups in total. The predicted molar refractivity (Wildman–Crippen MR) is 118 cm³/mol. The van der Waals surface area contributed by atoms with Gasteiger partial charge < -0.3 is 4.74 Å². The molecule has 25 heavy (non-hydrogen) atoms. The van der Waals surface area contributed by atoms with Gasteiger partial charge in [-0.05, 0) is 38.2 Å². The summed E-state index contributed by atoms with van der Waals surface area (Å²) >= 11 is 2.11. The Morgan fingerprint density at radius 3 is 1.40 bits per heavy atom. The Kier molecular flexibility index (Phi) is 22.6. The number of unbranched alkanes of at least 4 members (excludes halogenated alkanes) is 14. The molecule has 0 rings (SSSR count). The standard InChI is InChI=1S/C23H48OS/c1-4-5-6-7-8-9-10-11-12-13-14-15-16-17-18-21-25-22-19-20-24-23(2)3/h23H,4-22H2,1-3H3. The zero-order valence-electron chi connectivity index (χ0n) is 17.8. The van der Waals surface area contributed by atoms with Crippen LogP contribution in [0.1, 0.15) is 124 Å². The smallest absolute Gasteiger partial charge is 0.0518 e. The van der Waals surface area contributed by atoms with Gasteiger partial charge in [-0.3, -0.25) is 0 Å². The summed E-state index contributed by atoms with van der Waals surface area (Å²) in [5.41, 5.74) is 0. The topological polar surface area (TPSA) is 9.23 Å². The van der Waals surface area contributed by atoms with Crippen molar-refractivity contribution in [2.24, 2.45) is 0 Å². The molecule has 0 aromatic rings. The molecule has 0 aromatic heterocycles. The molecule has 0 spiro atoms. The minimum Gasteiger partial charge on any atom is -0.379 e. The van der Waals surface area contributed by atoms with Gasteiger partial charge in [-0.15, -0.1) is 0 Å². The van der Waals surface area contributed by atoms with Crippen molar-refractivity contribution in [3.05, 3.63) is 0 Å². The number of hydrogen-bond acceptors (Lipinski definition) is 2. The lowest BCUT2D eigenvalue weighted by Gasteiger charge is -2.07. The third kappa shape index (κ3) is 24.3. The van der Waals surface area contributed by atoms with Crippen LogP contribution in [0.25, 0.3) is 0 Å². The van der Waals surface area contributed by atoms with Crippen LogP contribution in [0, 0.1) is 0 Å². The molecular formula is C23H48OS. The molecule has 0 saturated heterocycles. The van der Waals surface area contributed by atoms with Gasteiger partial charge in [0.05, 0.1) is 6.10 Å². The molecule has 1 nitrogen and oxygen atoms in total. The zero-order chi connectivity index (χ0) is 18.4. The van der Waals surface area contributed by atoms with E-state index in [4.69, 9.17) is 4.74 Å². The van der Waals surface area contributed by atoms with Gasteiger partial charge in [-0.2, -0.15) is 11.8 Å². The fourth-order valence-corrected chi connectivity index (χ4v) is 4.09. The number of rotatable bonds is 21. The van der Waals surface area contributed by atoms with E-state index in [0.717, 1.165) is 6.61 Å². The summed E-state index contributed by atoms with van der Waals surface area (Å²) in [4.78, 5) is 0. The molecule has 0 amide bonds. The molecule has 0 bridgehead atoms. The fraction of sp³-hybridized carbons (Fsp3) is 1.00. The highest BCUT2D eigenvalue weighted by Gasteiger charge is 1.96. The molecule has 0 aliphatic heterocycles. The molecule has 0 radical (unpaired) electrons. The maximum Gasteiger partial charge on any atom is 0.0518 e. The van der Waals surface area contributed by atoms with Crippen LogP contribution in [0.3, 0.4) is 0 Å². The van der Waals surface area contributed by atoms with E-state index >= 15 is 0 Å². The van der Waals surface area contributed by atoms with Gasteiger partial charge in [-0.25, -0.2) is 0 Å². The van der Waals surface area contributed by atoms with Gasteiger partial charge >= 0.3 is 0 Å². The summed E-state index contributed by atoms with van der Waals surface area (Å²) in [5, 5.41) is 0. The molecule has 0 aliphatic rings. The zero-order valence-corrected chi connectivity index (χ0v) is 18.6. The van der Waals surface area contributed by atoms with Crippen LogP contribution >= 0.6 is 11.8 Å². The van der Waals surface area contributed by atoms with Gasteiger partial charge in [0.15, 0.2) is 0 Å². The van der Waals surface area contributed by atoms with Gasteiger partial charge in [0.25, 0.3) is 0 Å². The first kappa shape index (κ1) is 25.3. The Hall–Kier alpha value is 0.310. The van der Waals surface area contributed by atoms with Crippen molar-refractivity contribution in [3.8, 4) is 0 Å². The third-order valence-corrected chi connectivity index (χ3v) is 5.93. The quantitative estimate of drug-likeness (QED) is 0.187. The minimum atomic E-state index is 0.389. The van der Waals surface area contributed by atoms with E-state index < -0.39 is 0 Å². The first-order chi connectivity index (χ1) is 12.3. The Balaban J connectivity index is 2.96. The predicted octanol–water partition coefficient (Wildman–Crippen LogP) is 8.41. The Bertz CT molecular complexity index is 230. The lowest BCUT2D eigenvalue weighted by atomic mass is 10.0. The van der Waals surface area contributed by atoms with Gasteiger partial charge in [-0.1, -0.05) is 96.8 Å². The summed E-state index contributed by atoms with van der Waals surface area (Å²) in [5.74, 6) is 2.62. The lowest BCUT2D eigenvalue weighted by Crippen LogP contribution is -2.04. The minimum absolute atomic E-state index is 0.389. The van der Waals surface area contributed by atoms with Crippen LogP contribution in [-0.4, -0.2) is 24.2 Å². The summed E-state index contributed by atoms with van der Waals surface area (Å²) < 4.78 is 5.56. The first-order valence-electron chi connectivity index (χ1n) is 11.5. The van der Waals surface area contributed by atoms with Crippen LogP contribution in [0.4, 0.5) is 0 Å². The van der Waals surface area contributed by atoms with Crippen LogP contribution in [0.2, 0.25) is 0 Å². The molecule has 0 heterocycles. The van der Waals surface area contributed by atoms with Crippen molar-refractivity contribution < 1.29 is 4.74 Å². The second kappa shape index (κ2) is 22.4. The molecule has 0 unspecified atom stereocenters. The molecule has 0 atom stereocenters. The molecule has 0 fully saturated rings. The van der Waals surface area contributed by atoms with Gasteiger partial charge in [0, 0.05) is 6.61 Å². The van der Waals surface area contributed by atoms with E-state index in [1.165, 1.54) is 114 Å². The molecule has 152 valence electrons. The van der Waals surface area contributed by atoms with Gasteiger partial charge in [0.1, 0.15) is 0 Å². The second-order valence-electron chi connectivity index (χ2n) is 7.84. The van der Waals surface area contributed by atoms with E-state index in [0.29, 0.717) is 6.10 Å². The number of hydrogen-bond donors (Lipinski definition) is 0. The van der Waals surface area contributed by atoms with E-state index in [1.807, 2.05) is 0 Å². The largest absolute Gasteiger partial charge is 0.379 e. The van der Waals surface area contributed by atoms with Gasteiger partial charge in [0.2, 0.25) is 0 Å². The molecule has 2 heteroatoms. The fourth-order valence-electron chi connectivity index (χ4n) is 3.16. The average Bonchev–Trinajstić information content (AvgIpc) is 2.60. The Labute approximate surface area is 164 Å². The van der Waals surface area contributed by atoms with Crippen molar-refractivity contribution in [1.29, 1.82) is 0 Å². The highest BCUT2D eigenvalue weighted by atomic mass is 32.2. The molecule has 0 aromatic carbocycles. The van der Waals surface area contributed by atoms with Crippen LogP contribution in [0.15, 0.2) is 0 Å². The summed E-state index contributed by atoms with van der Waals surface area (Å²) in [7, 11) is 0. The Morgan fingerprint density at radius 2 is 0.960 bits per heavy atom. The van der Waals surface area contributed by atoms with Crippen molar-refractivity contribution in [2.45, 2.75) is 130 Å². The molecular weight excluding hydrogens is 324 g/mol. The number of thioether (sulfide) groups is 1. The van der Waals surface area contributed by atoms with Crippen LogP contribution in [-0.2, 0) is 4.74 Å². The van der Waals surface area contributed by atoms with E-state index in [1.54, 1.807) is 0 Å². The third-order valence-electron chi connectivity index (χ3n) is 4.78. The first-order valence-corrected chi connectivity index (χ1v) is 12.6. The van der Waals surface area contributed by atoms with Crippen molar-refractivity contribution >= 4 is 11.8 Å². The van der Waals surface area contributed by atoms with Crippen molar-refractivity contribution in [3.63, 3.8) is 0 Å². The number of ether oxygens (including phenoxy) is 1. The normalized spacial score (nSPS) is 11.5. The lowest BCUT2D eigenvalue weighted by molar-refractivity contribution is 0.0800. The molecule has 0 aliphatic carbocycles. The Morgan fingerprint density at radius 1 is 0.560 bits per heavy atom. The van der Waals surface area contributed by atoms with Crippen LogP contribution < -0.4 is 0 Å². The summed E-state index contributed by atoms with van der Waals surface area (Å²) in [6.07, 6.45) is 23.4. The summed E-state index contributed by atoms with van der Waals surface area (Å²) in [6.45, 7) is 7.46. The SMILES string of the molecule is CCCCCCCCCCCCCCCCCSCCCOC(C)C. The summed E-state index contributed by atoms with van der Waals surface area (Å²) in [6, 6.07) is 0. The monoisotopic (exact) mass is 372 g/mol. The average molecular weight is 373 g/mol. The van der Waals surface area contributed by atoms with Crippen molar-refractivity contribution in [2.75, 3.05) is 18.1 Å². The van der Waals surface area contributed by atoms with Crippen LogP contribution in [0.5, 0.6) is 0 Å². The van der Waals surface area contributed by atoms with Crippen molar-refractivity contribution in [1.82, 2.24) is 0 Å². The van der Waals surface area contributed by atoms with E-state index in [9.17, 15) is 0 Å².